The van der Waals surface area contributed by atoms with Crippen LogP contribution in [-0.2, 0) is 15.3 Å². The van der Waals surface area contributed by atoms with Crippen LogP contribution in [0.1, 0.15) is 51.3 Å². The zero-order valence-electron chi connectivity index (χ0n) is 24.6. The molecular formula is C26H56N2O2Si4. The first-order chi connectivity index (χ1) is 16.1. The second kappa shape index (κ2) is 15.2. The standard InChI is InChI=1S/C26H56N2O2Si4/c1-13-27(14-2)26(28(15-3)16-4)31-20-19-22-17-18-23(32(8)9)25(33(10)11)24(22)21(5)34(12,29-6)30-7/h17-18,21,26,32-33H,13-16,19-20,31H2,1-12H3. The molecule has 1 atom stereocenters. The second-order valence-electron chi connectivity index (χ2n) is 10.4. The molecule has 0 radical (unpaired) electrons. The summed E-state index contributed by atoms with van der Waals surface area (Å²) in [4.78, 5) is 5.39. The van der Waals surface area contributed by atoms with Crippen molar-refractivity contribution in [3.63, 3.8) is 0 Å². The van der Waals surface area contributed by atoms with Gasteiger partial charge in [0.05, 0.1) is 27.1 Å². The lowest BCUT2D eigenvalue weighted by Gasteiger charge is -2.38. The van der Waals surface area contributed by atoms with Gasteiger partial charge < -0.3 is 8.85 Å². The van der Waals surface area contributed by atoms with E-state index in [9.17, 15) is 0 Å². The van der Waals surface area contributed by atoms with Gasteiger partial charge in [0.2, 0.25) is 0 Å². The topological polar surface area (TPSA) is 24.9 Å². The van der Waals surface area contributed by atoms with E-state index in [1.54, 1.807) is 21.5 Å². The molecule has 0 aromatic heterocycles. The van der Waals surface area contributed by atoms with Crippen LogP contribution in [0.5, 0.6) is 0 Å². The van der Waals surface area contributed by atoms with E-state index in [0.29, 0.717) is 11.3 Å². The zero-order valence-corrected chi connectivity index (χ0v) is 29.3. The molecule has 0 saturated heterocycles. The first-order valence-corrected chi connectivity index (χ1v) is 23.8. The van der Waals surface area contributed by atoms with Gasteiger partial charge in [-0.15, -0.1) is 0 Å². The number of hydrogen-bond acceptors (Lipinski definition) is 4. The lowest BCUT2D eigenvalue weighted by Crippen LogP contribution is -2.52. The highest BCUT2D eigenvalue weighted by atomic mass is 28.4. The van der Waals surface area contributed by atoms with E-state index in [-0.39, 0.29) is 9.52 Å². The van der Waals surface area contributed by atoms with E-state index < -0.39 is 26.2 Å². The van der Waals surface area contributed by atoms with Crippen LogP contribution in [0.15, 0.2) is 12.1 Å². The highest BCUT2D eigenvalue weighted by Crippen LogP contribution is 2.30. The molecule has 0 spiro atoms. The van der Waals surface area contributed by atoms with Crippen molar-refractivity contribution in [2.24, 2.45) is 0 Å². The Bertz CT molecular complexity index is 709. The third-order valence-electron chi connectivity index (χ3n) is 8.02. The normalized spacial score (nSPS) is 14.1. The fraction of sp³-hybridized carbons (Fsp3) is 0.769. The maximum absolute atomic E-state index is 6.10. The summed E-state index contributed by atoms with van der Waals surface area (Å²) < 4.78 is 12.2. The number of hydrogen-bond donors (Lipinski definition) is 0. The average molecular weight is 541 g/mol. The third kappa shape index (κ3) is 7.71. The Labute approximate surface area is 219 Å². The van der Waals surface area contributed by atoms with Gasteiger partial charge >= 0.3 is 8.56 Å². The molecule has 0 N–H and O–H groups in total. The quantitative estimate of drug-likeness (QED) is 0.237. The van der Waals surface area contributed by atoms with Crippen molar-refractivity contribution >= 4 is 46.0 Å². The van der Waals surface area contributed by atoms with E-state index in [2.05, 4.69) is 89.3 Å². The van der Waals surface area contributed by atoms with Crippen LogP contribution in [0.4, 0.5) is 0 Å². The molecule has 4 nitrogen and oxygen atoms in total. The molecule has 0 aliphatic carbocycles. The maximum atomic E-state index is 6.10. The molecule has 1 rings (SSSR count). The molecule has 0 fully saturated rings. The predicted molar refractivity (Wildman–Crippen MR) is 164 cm³/mol. The van der Waals surface area contributed by atoms with Crippen LogP contribution in [0, 0.1) is 0 Å². The van der Waals surface area contributed by atoms with E-state index >= 15 is 0 Å². The van der Waals surface area contributed by atoms with Crippen molar-refractivity contribution in [3.8, 4) is 0 Å². The first kappa shape index (κ1) is 32.0. The van der Waals surface area contributed by atoms with Crippen molar-refractivity contribution in [2.45, 2.75) is 91.1 Å². The van der Waals surface area contributed by atoms with E-state index in [1.807, 2.05) is 14.2 Å². The van der Waals surface area contributed by atoms with Gasteiger partial charge in [0.25, 0.3) is 0 Å². The smallest absolute Gasteiger partial charge is 0.341 e. The Hall–Kier alpha value is -0.0725. The Morgan fingerprint density at radius 3 is 1.76 bits per heavy atom. The summed E-state index contributed by atoms with van der Waals surface area (Å²) in [5.41, 5.74) is 3.55. The molecule has 1 aromatic rings. The fourth-order valence-corrected chi connectivity index (χ4v) is 15.3. The van der Waals surface area contributed by atoms with E-state index in [4.69, 9.17) is 8.85 Å². The molecule has 198 valence electrons. The number of nitrogens with zero attached hydrogens (tertiary/aromatic N) is 2. The Morgan fingerprint density at radius 1 is 0.882 bits per heavy atom. The molecule has 0 heterocycles. The average Bonchev–Trinajstić information content (AvgIpc) is 2.83. The highest BCUT2D eigenvalue weighted by molar-refractivity contribution is 6.83. The summed E-state index contributed by atoms with van der Waals surface area (Å²) in [5, 5.41) is 3.43. The minimum Gasteiger partial charge on any atom is -0.397 e. The van der Waals surface area contributed by atoms with Crippen LogP contribution in [0.2, 0.25) is 38.8 Å². The van der Waals surface area contributed by atoms with Crippen LogP contribution in [-0.4, -0.2) is 91.7 Å². The first-order valence-electron chi connectivity index (χ1n) is 13.8. The number of rotatable bonds is 16. The SMILES string of the molecule is CCN(CC)C([SiH2]CCc1ccc([SiH](C)C)c([SiH](C)C)c1C(C)[Si](C)(OC)OC)N(CC)CC. The third-order valence-corrected chi connectivity index (χ3v) is 17.7. The minimum atomic E-state index is -2.30. The maximum Gasteiger partial charge on any atom is 0.341 e. The van der Waals surface area contributed by atoms with Gasteiger partial charge in [-0.2, -0.15) is 0 Å². The van der Waals surface area contributed by atoms with Gasteiger partial charge in [-0.1, -0.05) is 89.4 Å². The van der Waals surface area contributed by atoms with Crippen molar-refractivity contribution in [2.75, 3.05) is 40.4 Å². The lowest BCUT2D eigenvalue weighted by atomic mass is 10.0. The molecule has 1 unspecified atom stereocenters. The van der Waals surface area contributed by atoms with Crippen molar-refractivity contribution in [1.82, 2.24) is 9.80 Å². The fourth-order valence-electron chi connectivity index (χ4n) is 5.64. The molecule has 0 bridgehead atoms. The highest BCUT2D eigenvalue weighted by Gasteiger charge is 2.40. The molecule has 0 saturated carbocycles. The summed E-state index contributed by atoms with van der Waals surface area (Å²) in [6, 6.07) is 6.36. The monoisotopic (exact) mass is 540 g/mol. The van der Waals surface area contributed by atoms with Crippen LogP contribution in [0.25, 0.3) is 0 Å². The van der Waals surface area contributed by atoms with Crippen LogP contribution in [0.3, 0.4) is 0 Å². The van der Waals surface area contributed by atoms with Crippen molar-refractivity contribution in [3.05, 3.63) is 23.3 Å². The molecule has 1 aromatic carbocycles. The summed E-state index contributed by atoms with van der Waals surface area (Å²) in [7, 11) is -0.787. The molecule has 8 heteroatoms. The predicted octanol–water partition coefficient (Wildman–Crippen LogP) is 3.18. The molecular weight excluding hydrogens is 485 g/mol. The summed E-state index contributed by atoms with van der Waals surface area (Å²) in [6.07, 6.45) is 1.21. The minimum absolute atomic E-state index is 0.279. The lowest BCUT2D eigenvalue weighted by molar-refractivity contribution is 0.115. The van der Waals surface area contributed by atoms with Gasteiger partial charge in [-0.25, -0.2) is 0 Å². The van der Waals surface area contributed by atoms with Gasteiger partial charge in [-0.3, -0.25) is 9.80 Å². The summed E-state index contributed by atoms with van der Waals surface area (Å²) >= 11 is 0. The van der Waals surface area contributed by atoms with Gasteiger partial charge in [0, 0.05) is 25.5 Å². The van der Waals surface area contributed by atoms with E-state index in [1.165, 1.54) is 12.5 Å². The number of benzene rings is 1. The molecule has 0 aliphatic rings. The number of aryl methyl sites for hydroxylation is 1. The zero-order chi connectivity index (χ0) is 26.1. The molecule has 0 aliphatic heterocycles. The second-order valence-corrected chi connectivity index (χ2v) is 22.0. The van der Waals surface area contributed by atoms with Gasteiger partial charge in [0.15, 0.2) is 0 Å². The largest absolute Gasteiger partial charge is 0.397 e. The van der Waals surface area contributed by atoms with Gasteiger partial charge in [0.1, 0.15) is 0 Å². The Balaban J connectivity index is 3.43. The summed E-state index contributed by atoms with van der Waals surface area (Å²) in [5.74, 6) is 0.671. The van der Waals surface area contributed by atoms with E-state index in [0.717, 1.165) is 26.2 Å². The van der Waals surface area contributed by atoms with Crippen molar-refractivity contribution < 1.29 is 8.85 Å². The summed E-state index contributed by atoms with van der Waals surface area (Å²) in [6.45, 7) is 28.5. The molecule has 34 heavy (non-hydrogen) atoms. The van der Waals surface area contributed by atoms with Crippen LogP contribution >= 0.6 is 0 Å². The van der Waals surface area contributed by atoms with Gasteiger partial charge in [-0.05, 0) is 50.3 Å². The Kier molecular flexibility index (Phi) is 14.3. The van der Waals surface area contributed by atoms with Crippen LogP contribution < -0.4 is 10.4 Å². The molecule has 0 amide bonds. The Morgan fingerprint density at radius 2 is 1.38 bits per heavy atom. The van der Waals surface area contributed by atoms with Crippen molar-refractivity contribution in [1.29, 1.82) is 0 Å².